The van der Waals surface area contributed by atoms with E-state index in [9.17, 15) is 28.8 Å². The SMILES string of the molecule is CCCC(=O)N1C(=O)N(C(=O)CCC)C2(C(=O)CCC)C1NC(=O)N2C(=O)CCC. The van der Waals surface area contributed by atoms with Crippen LogP contribution in [0.5, 0.6) is 0 Å². The van der Waals surface area contributed by atoms with E-state index in [1.165, 1.54) is 0 Å². The second kappa shape index (κ2) is 9.36. The number of nitrogens with one attached hydrogen (secondary N) is 1. The smallest absolute Gasteiger partial charge is 0.312 e. The molecule has 0 aromatic heterocycles. The molecule has 2 rings (SSSR count). The molecule has 10 heteroatoms. The van der Waals surface area contributed by atoms with Crippen molar-refractivity contribution in [3.05, 3.63) is 0 Å². The highest BCUT2D eigenvalue weighted by atomic mass is 16.2. The summed E-state index contributed by atoms with van der Waals surface area (Å²) in [7, 11) is 0. The van der Waals surface area contributed by atoms with E-state index in [2.05, 4.69) is 5.32 Å². The summed E-state index contributed by atoms with van der Waals surface area (Å²) < 4.78 is 0. The fourth-order valence-corrected chi connectivity index (χ4v) is 4.04. The molecule has 2 saturated heterocycles. The van der Waals surface area contributed by atoms with Crippen molar-refractivity contribution in [3.8, 4) is 0 Å². The lowest BCUT2D eigenvalue weighted by atomic mass is 9.94. The van der Waals surface area contributed by atoms with Crippen molar-refractivity contribution in [2.75, 3.05) is 0 Å². The lowest BCUT2D eigenvalue weighted by molar-refractivity contribution is -0.156. The third-order valence-electron chi connectivity index (χ3n) is 5.23. The van der Waals surface area contributed by atoms with Crippen LogP contribution in [-0.2, 0) is 19.2 Å². The summed E-state index contributed by atoms with van der Waals surface area (Å²) in [6.45, 7) is 6.95. The molecule has 10 nitrogen and oxygen atoms in total. The monoisotopic (exact) mass is 422 g/mol. The quantitative estimate of drug-likeness (QED) is 0.607. The first-order valence-electron chi connectivity index (χ1n) is 10.6. The van der Waals surface area contributed by atoms with Crippen LogP contribution in [0.1, 0.15) is 79.1 Å². The van der Waals surface area contributed by atoms with Crippen LogP contribution in [0.2, 0.25) is 0 Å². The second-order valence-corrected chi connectivity index (χ2v) is 7.51. The summed E-state index contributed by atoms with van der Waals surface area (Å²) in [5, 5.41) is 2.47. The first-order chi connectivity index (χ1) is 14.2. The Bertz CT molecular complexity index is 766. The molecular weight excluding hydrogens is 392 g/mol. The maximum Gasteiger partial charge on any atom is 0.337 e. The van der Waals surface area contributed by atoms with Gasteiger partial charge in [0.05, 0.1) is 0 Å². The molecule has 0 aromatic rings. The average molecular weight is 422 g/mol. The number of urea groups is 2. The molecule has 0 aromatic carbocycles. The van der Waals surface area contributed by atoms with Crippen LogP contribution in [0.4, 0.5) is 9.59 Å². The fraction of sp³-hybridized carbons (Fsp3) is 0.700. The molecule has 2 atom stereocenters. The number of Topliss-reactive ketones (excluding diaryl/α,β-unsaturated/α-hetero) is 1. The van der Waals surface area contributed by atoms with Crippen molar-refractivity contribution in [2.24, 2.45) is 0 Å². The van der Waals surface area contributed by atoms with Gasteiger partial charge in [-0.3, -0.25) is 19.2 Å². The molecule has 0 aliphatic carbocycles. The number of carbonyl (C=O) groups excluding carboxylic acids is 6. The van der Waals surface area contributed by atoms with Gasteiger partial charge in [0.25, 0.3) is 0 Å². The maximum atomic E-state index is 13.4. The summed E-state index contributed by atoms with van der Waals surface area (Å²) in [4.78, 5) is 80.3. The minimum absolute atomic E-state index is 0.00509. The molecule has 0 radical (unpaired) electrons. The predicted molar refractivity (Wildman–Crippen MR) is 106 cm³/mol. The lowest BCUT2D eigenvalue weighted by Crippen LogP contribution is -2.67. The van der Waals surface area contributed by atoms with E-state index in [-0.39, 0.29) is 25.7 Å². The van der Waals surface area contributed by atoms with Gasteiger partial charge in [-0.1, -0.05) is 27.7 Å². The van der Waals surface area contributed by atoms with E-state index in [0.717, 1.165) is 4.90 Å². The Morgan fingerprint density at radius 2 is 1.23 bits per heavy atom. The molecule has 2 aliphatic rings. The van der Waals surface area contributed by atoms with Gasteiger partial charge in [0.15, 0.2) is 11.9 Å². The Labute approximate surface area is 175 Å². The number of carbonyl (C=O) groups is 6. The number of amides is 7. The topological polar surface area (TPSA) is 124 Å². The Morgan fingerprint density at radius 3 is 1.73 bits per heavy atom. The Hall–Kier alpha value is -2.78. The van der Waals surface area contributed by atoms with Gasteiger partial charge < -0.3 is 5.32 Å². The molecule has 0 saturated carbocycles. The third-order valence-corrected chi connectivity index (χ3v) is 5.23. The summed E-state index contributed by atoms with van der Waals surface area (Å²) >= 11 is 0. The molecular formula is C20H30N4O6. The van der Waals surface area contributed by atoms with Crippen LogP contribution in [0.15, 0.2) is 0 Å². The number of imide groups is 3. The van der Waals surface area contributed by atoms with Crippen LogP contribution >= 0.6 is 0 Å². The highest BCUT2D eigenvalue weighted by molar-refractivity contribution is 6.16. The van der Waals surface area contributed by atoms with E-state index in [1.54, 1.807) is 27.7 Å². The normalized spacial score (nSPS) is 22.9. The molecule has 0 bridgehead atoms. The maximum absolute atomic E-state index is 13.4. The number of rotatable bonds is 9. The third kappa shape index (κ3) is 3.48. The van der Waals surface area contributed by atoms with Crippen molar-refractivity contribution in [3.63, 3.8) is 0 Å². The van der Waals surface area contributed by atoms with Crippen LogP contribution in [-0.4, -0.2) is 62.1 Å². The van der Waals surface area contributed by atoms with Gasteiger partial charge in [0.1, 0.15) is 0 Å². The number of ketones is 1. The van der Waals surface area contributed by atoms with Gasteiger partial charge in [-0.2, -0.15) is 0 Å². The molecule has 2 fully saturated rings. The van der Waals surface area contributed by atoms with Crippen LogP contribution < -0.4 is 5.32 Å². The zero-order valence-corrected chi connectivity index (χ0v) is 18.0. The van der Waals surface area contributed by atoms with Crippen molar-refractivity contribution in [1.82, 2.24) is 20.0 Å². The molecule has 7 amide bonds. The summed E-state index contributed by atoms with van der Waals surface area (Å²) in [6, 6.07) is -1.87. The lowest BCUT2D eigenvalue weighted by Gasteiger charge is -2.38. The number of nitrogens with zero attached hydrogens (tertiary/aromatic N) is 3. The molecule has 2 aliphatic heterocycles. The zero-order chi connectivity index (χ0) is 22.6. The molecule has 30 heavy (non-hydrogen) atoms. The van der Waals surface area contributed by atoms with Crippen molar-refractivity contribution >= 4 is 35.6 Å². The highest BCUT2D eigenvalue weighted by Gasteiger charge is 2.73. The predicted octanol–water partition coefficient (Wildman–Crippen LogP) is 2.12. The Kier molecular flexibility index (Phi) is 7.33. The van der Waals surface area contributed by atoms with E-state index < -0.39 is 47.4 Å². The fourth-order valence-electron chi connectivity index (χ4n) is 4.04. The number of hydrogen-bond acceptors (Lipinski definition) is 6. The van der Waals surface area contributed by atoms with Gasteiger partial charge in [-0.15, -0.1) is 0 Å². The van der Waals surface area contributed by atoms with E-state index >= 15 is 0 Å². The number of fused-ring (bicyclic) bond motifs is 1. The van der Waals surface area contributed by atoms with Gasteiger partial charge in [0.2, 0.25) is 23.4 Å². The summed E-state index contributed by atoms with van der Waals surface area (Å²) in [6.07, 6.45) is -0.0236. The van der Waals surface area contributed by atoms with Gasteiger partial charge in [-0.05, 0) is 25.7 Å². The minimum atomic E-state index is -2.19. The van der Waals surface area contributed by atoms with Crippen LogP contribution in [0.25, 0.3) is 0 Å². The molecule has 0 spiro atoms. The Morgan fingerprint density at radius 1 is 0.767 bits per heavy atom. The molecule has 1 N–H and O–H groups in total. The highest BCUT2D eigenvalue weighted by Crippen LogP contribution is 2.42. The summed E-state index contributed by atoms with van der Waals surface area (Å²) in [5.41, 5.74) is -2.19. The van der Waals surface area contributed by atoms with Crippen LogP contribution in [0.3, 0.4) is 0 Å². The van der Waals surface area contributed by atoms with Crippen molar-refractivity contribution in [1.29, 1.82) is 0 Å². The van der Waals surface area contributed by atoms with Crippen molar-refractivity contribution < 1.29 is 28.8 Å². The molecule has 2 unspecified atom stereocenters. The first kappa shape index (κ1) is 23.5. The Balaban J connectivity index is 2.76. The van der Waals surface area contributed by atoms with Gasteiger partial charge in [0, 0.05) is 25.7 Å². The second-order valence-electron chi connectivity index (χ2n) is 7.51. The van der Waals surface area contributed by atoms with Gasteiger partial charge >= 0.3 is 12.1 Å². The summed E-state index contributed by atoms with van der Waals surface area (Å²) in [5.74, 6) is -2.61. The molecule has 2 heterocycles. The van der Waals surface area contributed by atoms with Gasteiger partial charge in [-0.25, -0.2) is 24.3 Å². The number of hydrogen-bond donors (Lipinski definition) is 1. The average Bonchev–Trinajstić information content (AvgIpc) is 3.09. The van der Waals surface area contributed by atoms with Crippen molar-refractivity contribution in [2.45, 2.75) is 90.9 Å². The molecule has 166 valence electrons. The van der Waals surface area contributed by atoms with E-state index in [4.69, 9.17) is 0 Å². The zero-order valence-electron chi connectivity index (χ0n) is 18.0. The largest absolute Gasteiger partial charge is 0.337 e. The van der Waals surface area contributed by atoms with E-state index in [0.29, 0.717) is 35.5 Å². The standard InChI is InChI=1S/C20H30N4O6/c1-5-9-13(25)20-17(21-18(29)23(20)15(27)11-7-3)22(14(26)10-6-2)19(30)24(20)16(28)12-8-4/h17H,5-12H2,1-4H3,(H,21,29). The first-order valence-corrected chi connectivity index (χ1v) is 10.6. The van der Waals surface area contributed by atoms with E-state index in [1.807, 2.05) is 0 Å². The van der Waals surface area contributed by atoms with Crippen LogP contribution in [0, 0.1) is 0 Å². The minimum Gasteiger partial charge on any atom is -0.312 e.